The molecule has 92 valence electrons. The maximum absolute atomic E-state index is 5.61. The Hall–Kier alpha value is -2.08. The van der Waals surface area contributed by atoms with Crippen LogP contribution in [0.5, 0.6) is 5.75 Å². The van der Waals surface area contributed by atoms with Crippen LogP contribution in [0.2, 0.25) is 0 Å². The topological polar surface area (TPSA) is 76.8 Å². The molecule has 0 amide bonds. The molecular formula is C12H12N4OS. The van der Waals surface area contributed by atoms with Crippen molar-refractivity contribution >= 4 is 27.5 Å². The van der Waals surface area contributed by atoms with E-state index in [9.17, 15) is 0 Å². The van der Waals surface area contributed by atoms with Gasteiger partial charge in [-0.25, -0.2) is 9.97 Å². The quantitative estimate of drug-likeness (QED) is 0.757. The second-order valence-electron chi connectivity index (χ2n) is 3.92. The second-order valence-corrected chi connectivity index (χ2v) is 4.81. The minimum Gasteiger partial charge on any atom is -0.497 e. The highest BCUT2D eigenvalue weighted by atomic mass is 32.1. The average Bonchev–Trinajstić information content (AvgIpc) is 2.94. The van der Waals surface area contributed by atoms with Crippen LogP contribution in [0.1, 0.15) is 11.5 Å². The lowest BCUT2D eigenvalue weighted by Gasteiger charge is -1.96. The smallest absolute Gasteiger partial charge is 0.180 e. The number of nitrogens with one attached hydrogen (secondary N) is 1. The lowest BCUT2D eigenvalue weighted by molar-refractivity contribution is 0.415. The number of H-pyrrole nitrogens is 1. The Balaban J connectivity index is 1.93. The minimum atomic E-state index is 0.586. The van der Waals surface area contributed by atoms with Crippen LogP contribution in [0, 0.1) is 0 Å². The van der Waals surface area contributed by atoms with E-state index in [1.54, 1.807) is 7.11 Å². The summed E-state index contributed by atoms with van der Waals surface area (Å²) in [6, 6.07) is 5.76. The first-order valence-corrected chi connectivity index (χ1v) is 6.35. The molecule has 5 nitrogen and oxygen atoms in total. The van der Waals surface area contributed by atoms with Gasteiger partial charge < -0.3 is 15.5 Å². The Bertz CT molecular complexity index is 688. The number of imidazole rings is 1. The van der Waals surface area contributed by atoms with E-state index in [0.29, 0.717) is 11.6 Å². The summed E-state index contributed by atoms with van der Waals surface area (Å²) >= 11 is 1.44. The zero-order valence-corrected chi connectivity index (χ0v) is 10.6. The molecule has 3 rings (SSSR count). The van der Waals surface area contributed by atoms with Crippen molar-refractivity contribution in [2.24, 2.45) is 0 Å². The molecule has 2 aromatic heterocycles. The van der Waals surface area contributed by atoms with Crippen molar-refractivity contribution in [2.45, 2.75) is 6.42 Å². The molecule has 0 spiro atoms. The summed E-state index contributed by atoms with van der Waals surface area (Å²) in [5.41, 5.74) is 8.43. The zero-order chi connectivity index (χ0) is 12.5. The molecule has 0 aliphatic rings. The number of methoxy groups -OCH3 is 1. The molecule has 0 radical (unpaired) electrons. The summed E-state index contributed by atoms with van der Waals surface area (Å²) in [7, 11) is 1.65. The number of anilines is 1. The summed E-state index contributed by atoms with van der Waals surface area (Å²) in [4.78, 5) is 12.0. The van der Waals surface area contributed by atoms with Crippen LogP contribution in [-0.4, -0.2) is 22.1 Å². The predicted octanol–water partition coefficient (Wildman–Crippen LogP) is 2.20. The van der Waals surface area contributed by atoms with Crippen molar-refractivity contribution in [3.63, 3.8) is 0 Å². The fourth-order valence-electron chi connectivity index (χ4n) is 1.83. The third kappa shape index (κ3) is 2.02. The number of aromatic nitrogens is 3. The second kappa shape index (κ2) is 4.30. The summed E-state index contributed by atoms with van der Waals surface area (Å²) in [6.07, 6.45) is 0.657. The number of hydrogen-bond donors (Lipinski definition) is 2. The van der Waals surface area contributed by atoms with Crippen LogP contribution in [0.3, 0.4) is 0 Å². The summed E-state index contributed by atoms with van der Waals surface area (Å²) in [5.74, 6) is 1.69. The summed E-state index contributed by atoms with van der Waals surface area (Å²) in [5, 5.41) is 2.53. The molecule has 1 aromatic carbocycles. The van der Waals surface area contributed by atoms with Crippen LogP contribution in [0.25, 0.3) is 11.0 Å². The zero-order valence-electron chi connectivity index (χ0n) is 9.80. The van der Waals surface area contributed by atoms with Gasteiger partial charge in [-0.3, -0.25) is 0 Å². The number of aromatic amines is 1. The summed E-state index contributed by atoms with van der Waals surface area (Å²) < 4.78 is 5.18. The van der Waals surface area contributed by atoms with Gasteiger partial charge >= 0.3 is 0 Å². The van der Waals surface area contributed by atoms with E-state index in [2.05, 4.69) is 15.0 Å². The number of nitrogens with two attached hydrogens (primary N) is 1. The van der Waals surface area contributed by atoms with Crippen LogP contribution in [0.15, 0.2) is 23.6 Å². The molecule has 3 N–H and O–H groups in total. The molecule has 0 fully saturated rings. The lowest BCUT2D eigenvalue weighted by Crippen LogP contribution is -1.91. The van der Waals surface area contributed by atoms with Gasteiger partial charge in [0.2, 0.25) is 0 Å². The molecular weight excluding hydrogens is 248 g/mol. The third-order valence-electron chi connectivity index (χ3n) is 2.66. The number of benzene rings is 1. The molecule has 2 heterocycles. The first kappa shape index (κ1) is 11.0. The Labute approximate surface area is 108 Å². The maximum atomic E-state index is 5.61. The molecule has 18 heavy (non-hydrogen) atoms. The van der Waals surface area contributed by atoms with Gasteiger partial charge in [0, 0.05) is 17.9 Å². The number of nitrogens with zero attached hydrogens (tertiary/aromatic N) is 2. The fraction of sp³-hybridized carbons (Fsp3) is 0.167. The van der Waals surface area contributed by atoms with E-state index in [4.69, 9.17) is 10.5 Å². The highest BCUT2D eigenvalue weighted by molar-refractivity contribution is 7.13. The van der Waals surface area contributed by atoms with Crippen LogP contribution < -0.4 is 10.5 Å². The van der Waals surface area contributed by atoms with E-state index in [-0.39, 0.29) is 0 Å². The number of thiazole rings is 1. The monoisotopic (exact) mass is 260 g/mol. The van der Waals surface area contributed by atoms with Crippen molar-refractivity contribution in [1.82, 2.24) is 15.0 Å². The van der Waals surface area contributed by atoms with Gasteiger partial charge in [-0.15, -0.1) is 11.3 Å². The maximum Gasteiger partial charge on any atom is 0.180 e. The fourth-order valence-corrected chi connectivity index (χ4v) is 2.39. The van der Waals surface area contributed by atoms with Gasteiger partial charge in [0.15, 0.2) is 5.13 Å². The Morgan fingerprint density at radius 1 is 1.39 bits per heavy atom. The number of ether oxygens (including phenoxy) is 1. The van der Waals surface area contributed by atoms with Gasteiger partial charge in [0.05, 0.1) is 23.8 Å². The van der Waals surface area contributed by atoms with Gasteiger partial charge in [0.25, 0.3) is 0 Å². The van der Waals surface area contributed by atoms with Gasteiger partial charge in [-0.2, -0.15) is 0 Å². The Morgan fingerprint density at radius 2 is 2.28 bits per heavy atom. The molecule has 0 bridgehead atoms. The molecule has 0 saturated carbocycles. The molecule has 0 unspecified atom stereocenters. The molecule has 0 aliphatic heterocycles. The lowest BCUT2D eigenvalue weighted by atomic mass is 10.3. The van der Waals surface area contributed by atoms with Crippen molar-refractivity contribution in [3.05, 3.63) is 35.1 Å². The van der Waals surface area contributed by atoms with E-state index in [0.717, 1.165) is 28.3 Å². The van der Waals surface area contributed by atoms with Crippen molar-refractivity contribution in [3.8, 4) is 5.75 Å². The first-order valence-electron chi connectivity index (χ1n) is 5.47. The minimum absolute atomic E-state index is 0.586. The normalized spacial score (nSPS) is 10.9. The average molecular weight is 260 g/mol. The van der Waals surface area contributed by atoms with Gasteiger partial charge in [-0.05, 0) is 12.1 Å². The van der Waals surface area contributed by atoms with E-state index in [1.807, 2.05) is 23.6 Å². The van der Waals surface area contributed by atoms with E-state index < -0.39 is 0 Å². The van der Waals surface area contributed by atoms with E-state index in [1.165, 1.54) is 11.3 Å². The largest absolute Gasteiger partial charge is 0.497 e. The van der Waals surface area contributed by atoms with Crippen molar-refractivity contribution in [1.29, 1.82) is 0 Å². The number of nitrogen functional groups attached to an aromatic ring is 1. The van der Waals surface area contributed by atoms with Crippen LogP contribution >= 0.6 is 11.3 Å². The highest BCUT2D eigenvalue weighted by Gasteiger charge is 2.07. The number of rotatable bonds is 3. The molecule has 0 saturated heterocycles. The van der Waals surface area contributed by atoms with Crippen molar-refractivity contribution < 1.29 is 4.74 Å². The third-order valence-corrected chi connectivity index (χ3v) is 3.38. The number of hydrogen-bond acceptors (Lipinski definition) is 5. The van der Waals surface area contributed by atoms with Crippen molar-refractivity contribution in [2.75, 3.05) is 12.8 Å². The molecule has 6 heteroatoms. The Morgan fingerprint density at radius 3 is 3.00 bits per heavy atom. The molecule has 0 atom stereocenters. The SMILES string of the molecule is COc1ccc2nc(Cc3csc(N)n3)[nH]c2c1. The van der Waals surface area contributed by atoms with Crippen LogP contribution in [0.4, 0.5) is 5.13 Å². The van der Waals surface area contributed by atoms with Crippen LogP contribution in [-0.2, 0) is 6.42 Å². The molecule has 0 aliphatic carbocycles. The Kier molecular flexibility index (Phi) is 2.64. The van der Waals surface area contributed by atoms with Gasteiger partial charge in [-0.1, -0.05) is 0 Å². The van der Waals surface area contributed by atoms with Gasteiger partial charge in [0.1, 0.15) is 11.6 Å². The first-order chi connectivity index (χ1) is 8.74. The van der Waals surface area contributed by atoms with E-state index >= 15 is 0 Å². The number of fused-ring (bicyclic) bond motifs is 1. The highest BCUT2D eigenvalue weighted by Crippen LogP contribution is 2.20. The summed E-state index contributed by atoms with van der Waals surface area (Å²) in [6.45, 7) is 0. The molecule has 3 aromatic rings. The predicted molar refractivity (Wildman–Crippen MR) is 72.0 cm³/mol. The standard InChI is InChI=1S/C12H12N4OS/c1-17-8-2-3-9-10(5-8)16-11(15-9)4-7-6-18-12(13)14-7/h2-3,5-6H,4H2,1H3,(H2,13,14)(H,15,16).